The van der Waals surface area contributed by atoms with E-state index in [0.29, 0.717) is 0 Å². The molecule has 0 unspecified atom stereocenters. The van der Waals surface area contributed by atoms with Crippen molar-refractivity contribution >= 4 is 24.0 Å². The summed E-state index contributed by atoms with van der Waals surface area (Å²) in [7, 11) is 3.52. The number of methoxy groups -OCH3 is 1. The van der Waals surface area contributed by atoms with E-state index >= 15 is 0 Å². The molecule has 0 fully saturated rings. The Morgan fingerprint density at radius 2 is 2.15 bits per heavy atom. The molecule has 0 aliphatic carbocycles. The molecule has 0 spiro atoms. The van der Waals surface area contributed by atoms with Gasteiger partial charge in [-0.2, -0.15) is 0 Å². The van der Waals surface area contributed by atoms with Crippen molar-refractivity contribution < 1.29 is 4.74 Å². The predicted molar refractivity (Wildman–Crippen MR) is 58.0 cm³/mol. The first kappa shape index (κ1) is 12.6. The lowest BCUT2D eigenvalue weighted by molar-refractivity contribution is 0.414. The first-order valence-corrected chi connectivity index (χ1v) is 4.12. The van der Waals surface area contributed by atoms with E-state index in [1.165, 1.54) is 0 Å². The molecular formula is C9H13Cl2NO. The van der Waals surface area contributed by atoms with Crippen molar-refractivity contribution in [3.63, 3.8) is 0 Å². The average molecular weight is 222 g/mol. The van der Waals surface area contributed by atoms with Crippen LogP contribution in [0.3, 0.4) is 0 Å². The van der Waals surface area contributed by atoms with Crippen LogP contribution >= 0.6 is 24.0 Å². The molecule has 1 aromatic rings. The van der Waals surface area contributed by atoms with E-state index in [4.69, 9.17) is 16.3 Å². The summed E-state index contributed by atoms with van der Waals surface area (Å²) in [6, 6.07) is 5.67. The zero-order chi connectivity index (χ0) is 8.97. The minimum atomic E-state index is 0. The molecule has 0 saturated carbocycles. The highest BCUT2D eigenvalue weighted by atomic mass is 35.5. The molecule has 4 heteroatoms. The van der Waals surface area contributed by atoms with Crippen LogP contribution in [0.4, 0.5) is 0 Å². The van der Waals surface area contributed by atoms with Gasteiger partial charge in [-0.05, 0) is 24.7 Å². The highest BCUT2D eigenvalue weighted by Crippen LogP contribution is 2.21. The van der Waals surface area contributed by atoms with Gasteiger partial charge in [-0.15, -0.1) is 12.4 Å². The van der Waals surface area contributed by atoms with E-state index in [2.05, 4.69) is 5.32 Å². The number of halogens is 2. The van der Waals surface area contributed by atoms with Crippen molar-refractivity contribution in [2.45, 2.75) is 6.54 Å². The van der Waals surface area contributed by atoms with Crippen LogP contribution in [0.2, 0.25) is 5.02 Å². The van der Waals surface area contributed by atoms with Crippen LogP contribution in [0.1, 0.15) is 5.56 Å². The maximum absolute atomic E-state index is 5.97. The van der Waals surface area contributed by atoms with Gasteiger partial charge in [0.05, 0.1) is 7.11 Å². The molecule has 0 saturated heterocycles. The maximum Gasteiger partial charge on any atom is 0.120 e. The second-order valence-corrected chi connectivity index (χ2v) is 2.89. The monoisotopic (exact) mass is 221 g/mol. The summed E-state index contributed by atoms with van der Waals surface area (Å²) >= 11 is 5.97. The van der Waals surface area contributed by atoms with Gasteiger partial charge in [-0.1, -0.05) is 17.7 Å². The Labute approximate surface area is 89.6 Å². The van der Waals surface area contributed by atoms with Gasteiger partial charge in [0.15, 0.2) is 0 Å². The molecule has 74 valence electrons. The van der Waals surface area contributed by atoms with Gasteiger partial charge in [0, 0.05) is 11.6 Å². The summed E-state index contributed by atoms with van der Waals surface area (Å²) in [5.41, 5.74) is 1.08. The molecule has 0 radical (unpaired) electrons. The SMILES string of the molecule is CNCc1ccc(OC)cc1Cl.Cl. The predicted octanol–water partition coefficient (Wildman–Crippen LogP) is 2.49. The van der Waals surface area contributed by atoms with Crippen molar-refractivity contribution in [3.8, 4) is 5.75 Å². The fraction of sp³-hybridized carbons (Fsp3) is 0.333. The number of ether oxygens (including phenoxy) is 1. The molecule has 13 heavy (non-hydrogen) atoms. The third kappa shape index (κ3) is 3.43. The van der Waals surface area contributed by atoms with Gasteiger partial charge in [0.25, 0.3) is 0 Å². The number of nitrogens with one attached hydrogen (secondary N) is 1. The first-order chi connectivity index (χ1) is 5.77. The first-order valence-electron chi connectivity index (χ1n) is 3.75. The quantitative estimate of drug-likeness (QED) is 0.848. The summed E-state index contributed by atoms with van der Waals surface area (Å²) < 4.78 is 5.02. The Kier molecular flexibility index (Phi) is 5.88. The number of hydrogen-bond acceptors (Lipinski definition) is 2. The van der Waals surface area contributed by atoms with E-state index in [-0.39, 0.29) is 12.4 Å². The van der Waals surface area contributed by atoms with Gasteiger partial charge >= 0.3 is 0 Å². The minimum absolute atomic E-state index is 0. The molecule has 0 amide bonds. The molecule has 0 aliphatic heterocycles. The molecule has 0 heterocycles. The summed E-state index contributed by atoms with van der Waals surface area (Å²) in [4.78, 5) is 0. The smallest absolute Gasteiger partial charge is 0.120 e. The second kappa shape index (κ2) is 6.08. The third-order valence-corrected chi connectivity index (χ3v) is 1.98. The molecule has 0 bridgehead atoms. The Hall–Kier alpha value is -0.440. The van der Waals surface area contributed by atoms with E-state index < -0.39 is 0 Å². The second-order valence-electron chi connectivity index (χ2n) is 2.49. The highest BCUT2D eigenvalue weighted by Gasteiger charge is 1.99. The van der Waals surface area contributed by atoms with Crippen LogP contribution in [-0.4, -0.2) is 14.2 Å². The Balaban J connectivity index is 0.00000144. The zero-order valence-corrected chi connectivity index (χ0v) is 9.21. The highest BCUT2D eigenvalue weighted by molar-refractivity contribution is 6.31. The van der Waals surface area contributed by atoms with Gasteiger partial charge in [-0.3, -0.25) is 0 Å². The fourth-order valence-corrected chi connectivity index (χ4v) is 1.23. The van der Waals surface area contributed by atoms with Crippen LogP contribution in [-0.2, 0) is 6.54 Å². The summed E-state index contributed by atoms with van der Waals surface area (Å²) in [6.45, 7) is 0.781. The summed E-state index contributed by atoms with van der Waals surface area (Å²) in [6.07, 6.45) is 0. The van der Waals surface area contributed by atoms with Gasteiger partial charge in [-0.25, -0.2) is 0 Å². The number of rotatable bonds is 3. The van der Waals surface area contributed by atoms with Crippen molar-refractivity contribution in [2.24, 2.45) is 0 Å². The maximum atomic E-state index is 5.97. The van der Waals surface area contributed by atoms with Crippen LogP contribution in [0.25, 0.3) is 0 Å². The molecule has 1 N–H and O–H groups in total. The standard InChI is InChI=1S/C9H12ClNO.ClH/c1-11-6-7-3-4-8(12-2)5-9(7)10;/h3-5,11H,6H2,1-2H3;1H. The molecule has 0 aliphatic rings. The minimum Gasteiger partial charge on any atom is -0.497 e. The Bertz CT molecular complexity index is 266. The van der Waals surface area contributed by atoms with E-state index in [9.17, 15) is 0 Å². The largest absolute Gasteiger partial charge is 0.497 e. The summed E-state index contributed by atoms with van der Waals surface area (Å²) in [5.74, 6) is 0.792. The summed E-state index contributed by atoms with van der Waals surface area (Å²) in [5, 5.41) is 3.78. The van der Waals surface area contributed by atoms with Gasteiger partial charge in [0.1, 0.15) is 5.75 Å². The number of benzene rings is 1. The lowest BCUT2D eigenvalue weighted by Crippen LogP contribution is -2.05. The van der Waals surface area contributed by atoms with Crippen LogP contribution in [0.15, 0.2) is 18.2 Å². The molecule has 1 aromatic carbocycles. The van der Waals surface area contributed by atoms with Crippen LogP contribution < -0.4 is 10.1 Å². The Morgan fingerprint density at radius 3 is 2.62 bits per heavy atom. The van der Waals surface area contributed by atoms with Crippen LogP contribution in [0.5, 0.6) is 5.75 Å². The molecule has 1 rings (SSSR count). The Morgan fingerprint density at radius 1 is 1.46 bits per heavy atom. The molecule has 0 aromatic heterocycles. The number of hydrogen-bond donors (Lipinski definition) is 1. The van der Waals surface area contributed by atoms with E-state index in [0.717, 1.165) is 22.9 Å². The third-order valence-electron chi connectivity index (χ3n) is 1.63. The van der Waals surface area contributed by atoms with Crippen molar-refractivity contribution in [3.05, 3.63) is 28.8 Å². The molecule has 2 nitrogen and oxygen atoms in total. The van der Waals surface area contributed by atoms with Gasteiger partial charge in [0.2, 0.25) is 0 Å². The van der Waals surface area contributed by atoms with Crippen molar-refractivity contribution in [2.75, 3.05) is 14.2 Å². The average Bonchev–Trinajstić information content (AvgIpc) is 2.09. The molecular weight excluding hydrogens is 209 g/mol. The lowest BCUT2D eigenvalue weighted by atomic mass is 10.2. The zero-order valence-electron chi connectivity index (χ0n) is 7.63. The molecule has 0 atom stereocenters. The van der Waals surface area contributed by atoms with E-state index in [1.807, 2.05) is 25.2 Å². The topological polar surface area (TPSA) is 21.3 Å². The lowest BCUT2D eigenvalue weighted by Gasteiger charge is -2.05. The van der Waals surface area contributed by atoms with E-state index in [1.54, 1.807) is 7.11 Å². The normalized spacial score (nSPS) is 9.15. The van der Waals surface area contributed by atoms with Crippen molar-refractivity contribution in [1.29, 1.82) is 0 Å². The van der Waals surface area contributed by atoms with Crippen LogP contribution in [0, 0.1) is 0 Å². The van der Waals surface area contributed by atoms with Gasteiger partial charge < -0.3 is 10.1 Å². The fourth-order valence-electron chi connectivity index (χ4n) is 0.989. The van der Waals surface area contributed by atoms with Crippen molar-refractivity contribution in [1.82, 2.24) is 5.32 Å².